The van der Waals surface area contributed by atoms with Gasteiger partial charge in [-0.25, -0.2) is 4.79 Å². The number of rotatable bonds is 7. The summed E-state index contributed by atoms with van der Waals surface area (Å²) in [6.07, 6.45) is 5.22. The summed E-state index contributed by atoms with van der Waals surface area (Å²) < 4.78 is 5.09. The van der Waals surface area contributed by atoms with Gasteiger partial charge in [-0.2, -0.15) is 0 Å². The first kappa shape index (κ1) is 14.7. The van der Waals surface area contributed by atoms with Gasteiger partial charge < -0.3 is 15.2 Å². The second kappa shape index (κ2) is 6.54. The Bertz CT molecular complexity index is 321. The number of amides is 1. The highest BCUT2D eigenvalue weighted by atomic mass is 16.5. The Labute approximate surface area is 107 Å². The van der Waals surface area contributed by atoms with E-state index in [9.17, 15) is 9.59 Å². The number of ether oxygens (including phenoxy) is 1. The van der Waals surface area contributed by atoms with Crippen molar-refractivity contribution in [3.63, 3.8) is 0 Å². The number of carboxylic acid groups (broad SMARTS) is 1. The maximum atomic E-state index is 12.1. The molecule has 1 amide bonds. The van der Waals surface area contributed by atoms with Crippen molar-refractivity contribution in [1.82, 2.24) is 5.32 Å². The molecule has 0 bridgehead atoms. The molecule has 1 rings (SSSR count). The molecule has 0 radical (unpaired) electrons. The van der Waals surface area contributed by atoms with Crippen molar-refractivity contribution in [3.05, 3.63) is 12.7 Å². The van der Waals surface area contributed by atoms with Crippen LogP contribution in [0, 0.1) is 5.41 Å². The summed E-state index contributed by atoms with van der Waals surface area (Å²) in [5.74, 6) is -1.26. The summed E-state index contributed by atoms with van der Waals surface area (Å²) in [7, 11) is 0. The average molecular weight is 255 g/mol. The van der Waals surface area contributed by atoms with Crippen LogP contribution in [-0.2, 0) is 14.3 Å². The van der Waals surface area contributed by atoms with Gasteiger partial charge in [0.2, 0.25) is 5.91 Å². The Balaban J connectivity index is 2.52. The number of nitrogens with one attached hydrogen (secondary N) is 1. The fourth-order valence-electron chi connectivity index (χ4n) is 2.16. The van der Waals surface area contributed by atoms with Crippen LogP contribution in [0.4, 0.5) is 0 Å². The summed E-state index contributed by atoms with van der Waals surface area (Å²) in [6.45, 7) is 5.60. The smallest absolute Gasteiger partial charge is 0.328 e. The van der Waals surface area contributed by atoms with E-state index in [0.29, 0.717) is 0 Å². The molecule has 0 aromatic carbocycles. The molecule has 5 heteroatoms. The van der Waals surface area contributed by atoms with Crippen molar-refractivity contribution in [2.75, 3.05) is 13.2 Å². The summed E-state index contributed by atoms with van der Waals surface area (Å²) in [5, 5.41) is 11.6. The van der Waals surface area contributed by atoms with Crippen LogP contribution in [0.2, 0.25) is 0 Å². The molecule has 0 aromatic heterocycles. The third kappa shape index (κ3) is 3.84. The average Bonchev–Trinajstić information content (AvgIpc) is 2.76. The number of carbonyl (C=O) groups excluding carboxylic acids is 1. The Hall–Kier alpha value is -1.36. The number of carbonyl (C=O) groups is 2. The molecule has 1 atom stereocenters. The predicted octanol–water partition coefficient (Wildman–Crippen LogP) is 1.34. The van der Waals surface area contributed by atoms with Gasteiger partial charge in [-0.3, -0.25) is 4.79 Å². The van der Waals surface area contributed by atoms with Crippen LogP contribution in [0.15, 0.2) is 12.7 Å². The van der Waals surface area contributed by atoms with Crippen LogP contribution in [0.1, 0.15) is 32.6 Å². The Morgan fingerprint density at radius 2 is 2.11 bits per heavy atom. The van der Waals surface area contributed by atoms with Crippen molar-refractivity contribution < 1.29 is 19.4 Å². The van der Waals surface area contributed by atoms with Gasteiger partial charge in [-0.15, -0.1) is 6.58 Å². The molecule has 5 nitrogen and oxygen atoms in total. The van der Waals surface area contributed by atoms with Crippen molar-refractivity contribution >= 4 is 11.9 Å². The predicted molar refractivity (Wildman–Crippen MR) is 67.2 cm³/mol. The maximum absolute atomic E-state index is 12.1. The summed E-state index contributed by atoms with van der Waals surface area (Å²) in [6, 6.07) is -0.991. The molecular formula is C13H21NO4. The standard InChI is InChI=1S/C13H21NO4/c1-3-8-18-9-10(11(15)16)14-12(17)13(2)6-4-5-7-13/h3,10H,1,4-9H2,2H3,(H,14,17)(H,15,16). The SMILES string of the molecule is C=CCOCC(NC(=O)C1(C)CCCC1)C(=O)O. The van der Waals surface area contributed by atoms with Crippen molar-refractivity contribution in [1.29, 1.82) is 0 Å². The molecule has 1 fully saturated rings. The Morgan fingerprint density at radius 3 is 2.61 bits per heavy atom. The number of hydrogen-bond acceptors (Lipinski definition) is 3. The van der Waals surface area contributed by atoms with Gasteiger partial charge in [0.05, 0.1) is 13.2 Å². The molecule has 2 N–H and O–H groups in total. The first-order valence-corrected chi connectivity index (χ1v) is 6.22. The van der Waals surface area contributed by atoms with Crippen molar-refractivity contribution in [2.45, 2.75) is 38.6 Å². The van der Waals surface area contributed by atoms with Crippen molar-refractivity contribution in [3.8, 4) is 0 Å². The Kier molecular flexibility index (Phi) is 5.34. The van der Waals surface area contributed by atoms with Gasteiger partial charge in [0.15, 0.2) is 6.04 Å². The summed E-state index contributed by atoms with van der Waals surface area (Å²) >= 11 is 0. The van der Waals surface area contributed by atoms with Crippen LogP contribution in [0.5, 0.6) is 0 Å². The topological polar surface area (TPSA) is 75.6 Å². The molecule has 102 valence electrons. The van der Waals surface area contributed by atoms with Gasteiger partial charge in [0, 0.05) is 5.41 Å². The van der Waals surface area contributed by atoms with E-state index in [1.165, 1.54) is 0 Å². The van der Waals surface area contributed by atoms with Crippen LogP contribution < -0.4 is 5.32 Å². The van der Waals surface area contributed by atoms with E-state index in [1.54, 1.807) is 6.08 Å². The highest BCUT2D eigenvalue weighted by molar-refractivity contribution is 5.87. The molecule has 1 saturated carbocycles. The van der Waals surface area contributed by atoms with E-state index in [-0.39, 0.29) is 19.1 Å². The lowest BCUT2D eigenvalue weighted by Gasteiger charge is -2.25. The molecule has 0 heterocycles. The zero-order valence-electron chi connectivity index (χ0n) is 10.8. The maximum Gasteiger partial charge on any atom is 0.328 e. The fraction of sp³-hybridized carbons (Fsp3) is 0.692. The first-order valence-electron chi connectivity index (χ1n) is 6.22. The third-order valence-corrected chi connectivity index (χ3v) is 3.38. The van der Waals surface area contributed by atoms with E-state index in [2.05, 4.69) is 11.9 Å². The second-order valence-electron chi connectivity index (χ2n) is 4.96. The highest BCUT2D eigenvalue weighted by Gasteiger charge is 2.37. The number of carboxylic acids is 1. The third-order valence-electron chi connectivity index (χ3n) is 3.38. The van der Waals surface area contributed by atoms with Crippen LogP contribution in [-0.4, -0.2) is 36.2 Å². The van der Waals surface area contributed by atoms with E-state index in [1.807, 2.05) is 6.92 Å². The molecule has 18 heavy (non-hydrogen) atoms. The molecule has 0 aliphatic heterocycles. The summed E-state index contributed by atoms with van der Waals surface area (Å²) in [4.78, 5) is 23.1. The Morgan fingerprint density at radius 1 is 1.50 bits per heavy atom. The summed E-state index contributed by atoms with van der Waals surface area (Å²) in [5.41, 5.74) is -0.424. The lowest BCUT2D eigenvalue weighted by Crippen LogP contribution is -2.49. The normalized spacial score (nSPS) is 19.2. The van der Waals surface area contributed by atoms with E-state index < -0.39 is 17.4 Å². The minimum atomic E-state index is -1.07. The van der Waals surface area contributed by atoms with E-state index >= 15 is 0 Å². The van der Waals surface area contributed by atoms with E-state index in [4.69, 9.17) is 9.84 Å². The van der Waals surface area contributed by atoms with Gasteiger partial charge in [-0.05, 0) is 12.8 Å². The zero-order valence-corrected chi connectivity index (χ0v) is 10.8. The van der Waals surface area contributed by atoms with Crippen molar-refractivity contribution in [2.24, 2.45) is 5.41 Å². The molecule has 1 aliphatic carbocycles. The van der Waals surface area contributed by atoms with E-state index in [0.717, 1.165) is 25.7 Å². The number of hydrogen-bond donors (Lipinski definition) is 2. The lowest BCUT2D eigenvalue weighted by molar-refractivity contribution is -0.145. The quantitative estimate of drug-likeness (QED) is 0.531. The largest absolute Gasteiger partial charge is 0.480 e. The second-order valence-corrected chi connectivity index (χ2v) is 4.96. The zero-order chi connectivity index (χ0) is 13.6. The molecular weight excluding hydrogens is 234 g/mol. The van der Waals surface area contributed by atoms with Gasteiger partial charge >= 0.3 is 5.97 Å². The fourth-order valence-corrected chi connectivity index (χ4v) is 2.16. The van der Waals surface area contributed by atoms with Gasteiger partial charge in [-0.1, -0.05) is 25.8 Å². The van der Waals surface area contributed by atoms with Gasteiger partial charge in [0.25, 0.3) is 0 Å². The minimum Gasteiger partial charge on any atom is -0.480 e. The lowest BCUT2D eigenvalue weighted by atomic mass is 9.87. The molecule has 0 spiro atoms. The molecule has 1 aliphatic rings. The van der Waals surface area contributed by atoms with Crippen LogP contribution in [0.3, 0.4) is 0 Å². The van der Waals surface area contributed by atoms with Gasteiger partial charge in [0.1, 0.15) is 0 Å². The molecule has 1 unspecified atom stereocenters. The monoisotopic (exact) mass is 255 g/mol. The first-order chi connectivity index (χ1) is 8.49. The van der Waals surface area contributed by atoms with Crippen LogP contribution >= 0.6 is 0 Å². The molecule has 0 aromatic rings. The number of aliphatic carboxylic acids is 1. The minimum absolute atomic E-state index is 0.0385. The van der Waals surface area contributed by atoms with Crippen LogP contribution in [0.25, 0.3) is 0 Å². The molecule has 0 saturated heterocycles. The highest BCUT2D eigenvalue weighted by Crippen LogP contribution is 2.37.